The van der Waals surface area contributed by atoms with Crippen molar-refractivity contribution in [3.8, 4) is 12.3 Å². The lowest BCUT2D eigenvalue weighted by atomic mass is 10.1. The minimum atomic E-state index is -0.513. The van der Waals surface area contributed by atoms with Gasteiger partial charge in [-0.05, 0) is 64.7 Å². The number of aliphatic imine (C=N–C) groups is 1. The van der Waals surface area contributed by atoms with Crippen LogP contribution in [0.5, 0.6) is 0 Å². The summed E-state index contributed by atoms with van der Waals surface area (Å²) in [5, 5.41) is 6.24. The highest BCUT2D eigenvalue weighted by atomic mass is 127. The third kappa shape index (κ3) is 8.13. The number of benzene rings is 1. The first-order valence-corrected chi connectivity index (χ1v) is 9.82. The van der Waals surface area contributed by atoms with Crippen LogP contribution in [0.1, 0.15) is 51.7 Å². The van der Waals surface area contributed by atoms with Gasteiger partial charge in [0.05, 0.1) is 18.8 Å². The molecule has 1 aromatic carbocycles. The van der Waals surface area contributed by atoms with E-state index in [-0.39, 0.29) is 36.1 Å². The van der Waals surface area contributed by atoms with Crippen LogP contribution >= 0.6 is 24.0 Å². The van der Waals surface area contributed by atoms with Gasteiger partial charge < -0.3 is 15.4 Å². The van der Waals surface area contributed by atoms with Crippen molar-refractivity contribution in [3.05, 3.63) is 29.3 Å². The lowest BCUT2D eigenvalue weighted by molar-refractivity contribution is 0.0577. The number of guanidine groups is 1. The molecule has 160 valence electrons. The van der Waals surface area contributed by atoms with Gasteiger partial charge in [0.1, 0.15) is 5.60 Å². The topological polar surface area (TPSA) is 66.0 Å². The first-order chi connectivity index (χ1) is 13.2. The molecule has 0 atom stereocenters. The van der Waals surface area contributed by atoms with E-state index < -0.39 is 5.60 Å². The molecule has 0 aliphatic heterocycles. The Hall–Kier alpha value is -1.95. The van der Waals surface area contributed by atoms with Crippen LogP contribution in [0.25, 0.3) is 0 Å². The van der Waals surface area contributed by atoms with E-state index in [1.54, 1.807) is 4.90 Å². The molecule has 6 nitrogen and oxygen atoms in total. The molecule has 1 aliphatic carbocycles. The maximum atomic E-state index is 12.7. The minimum absolute atomic E-state index is 0. The van der Waals surface area contributed by atoms with Crippen molar-refractivity contribution in [1.29, 1.82) is 0 Å². The average molecular weight is 512 g/mol. The van der Waals surface area contributed by atoms with Gasteiger partial charge in [-0.1, -0.05) is 18.1 Å². The quantitative estimate of drug-likeness (QED) is 0.260. The number of carbonyl (C=O) groups is 1. The van der Waals surface area contributed by atoms with Gasteiger partial charge in [0, 0.05) is 12.6 Å². The van der Waals surface area contributed by atoms with E-state index in [1.807, 2.05) is 46.8 Å². The summed E-state index contributed by atoms with van der Waals surface area (Å²) in [5.41, 5.74) is 2.49. The van der Waals surface area contributed by atoms with E-state index in [1.165, 1.54) is 0 Å². The second-order valence-electron chi connectivity index (χ2n) is 7.96. The number of hydrogen-bond donors (Lipinski definition) is 2. The summed E-state index contributed by atoms with van der Waals surface area (Å²) in [5.74, 6) is 3.24. The maximum Gasteiger partial charge on any atom is 0.415 e. The second kappa shape index (κ2) is 11.3. The van der Waals surface area contributed by atoms with Crippen molar-refractivity contribution < 1.29 is 9.53 Å². The molecule has 1 amide bonds. The van der Waals surface area contributed by atoms with E-state index in [2.05, 4.69) is 27.6 Å². The molecule has 0 unspecified atom stereocenters. The van der Waals surface area contributed by atoms with Crippen molar-refractivity contribution in [1.82, 2.24) is 10.6 Å². The van der Waals surface area contributed by atoms with Crippen LogP contribution in [-0.2, 0) is 11.3 Å². The van der Waals surface area contributed by atoms with E-state index in [4.69, 9.17) is 11.2 Å². The lowest BCUT2D eigenvalue weighted by Gasteiger charge is -2.28. The highest BCUT2D eigenvalue weighted by molar-refractivity contribution is 14.0. The SMILES string of the molecule is C#CCNC(=NCc1ccc(N(C(=O)OC(C)(C)C)C2CC2)c(C)c1)NCC.I. The molecule has 1 aromatic rings. The highest BCUT2D eigenvalue weighted by Crippen LogP contribution is 2.35. The molecule has 0 radical (unpaired) electrons. The van der Waals surface area contributed by atoms with Crippen molar-refractivity contribution >= 4 is 41.7 Å². The zero-order valence-corrected chi connectivity index (χ0v) is 20.4. The lowest BCUT2D eigenvalue weighted by Crippen LogP contribution is -2.38. The molecular weight excluding hydrogens is 479 g/mol. The van der Waals surface area contributed by atoms with Gasteiger partial charge in [0.2, 0.25) is 0 Å². The number of hydrogen-bond acceptors (Lipinski definition) is 3. The fourth-order valence-corrected chi connectivity index (χ4v) is 2.82. The minimum Gasteiger partial charge on any atom is -0.443 e. The molecule has 1 aliphatic rings. The van der Waals surface area contributed by atoms with Crippen LogP contribution in [0.3, 0.4) is 0 Å². The predicted molar refractivity (Wildman–Crippen MR) is 130 cm³/mol. The van der Waals surface area contributed by atoms with Crippen molar-refractivity contribution in [2.75, 3.05) is 18.0 Å². The zero-order chi connectivity index (χ0) is 20.7. The summed E-state index contributed by atoms with van der Waals surface area (Å²) in [6.45, 7) is 11.4. The fraction of sp³-hybridized carbons (Fsp3) is 0.545. The smallest absolute Gasteiger partial charge is 0.415 e. The van der Waals surface area contributed by atoms with Gasteiger partial charge in [0.15, 0.2) is 5.96 Å². The Labute approximate surface area is 191 Å². The molecule has 0 bridgehead atoms. The van der Waals surface area contributed by atoms with Crippen molar-refractivity contribution in [2.45, 2.75) is 65.6 Å². The Kier molecular flexibility index (Phi) is 9.77. The zero-order valence-electron chi connectivity index (χ0n) is 18.0. The van der Waals surface area contributed by atoms with E-state index in [0.29, 0.717) is 19.0 Å². The molecule has 0 spiro atoms. The number of halogens is 1. The number of amides is 1. The Balaban J connectivity index is 0.00000420. The third-order valence-electron chi connectivity index (χ3n) is 4.14. The number of carbonyl (C=O) groups excluding carboxylic acids is 1. The number of rotatable bonds is 6. The Bertz CT molecular complexity index is 761. The Morgan fingerprint density at radius 2 is 2.03 bits per heavy atom. The van der Waals surface area contributed by atoms with Crippen molar-refractivity contribution in [3.63, 3.8) is 0 Å². The first-order valence-electron chi connectivity index (χ1n) is 9.82. The van der Waals surface area contributed by atoms with Crippen LogP contribution in [0.15, 0.2) is 23.2 Å². The largest absolute Gasteiger partial charge is 0.443 e. The Morgan fingerprint density at radius 1 is 1.34 bits per heavy atom. The molecule has 0 heterocycles. The molecule has 0 aromatic heterocycles. The molecule has 29 heavy (non-hydrogen) atoms. The second-order valence-corrected chi connectivity index (χ2v) is 7.96. The summed E-state index contributed by atoms with van der Waals surface area (Å²) >= 11 is 0. The molecule has 7 heteroatoms. The number of ether oxygens (including phenoxy) is 1. The van der Waals surface area contributed by atoms with Crippen molar-refractivity contribution in [2.24, 2.45) is 4.99 Å². The van der Waals surface area contributed by atoms with E-state index in [0.717, 1.165) is 36.2 Å². The third-order valence-corrected chi connectivity index (χ3v) is 4.14. The van der Waals surface area contributed by atoms with Crippen LogP contribution in [0.2, 0.25) is 0 Å². The van der Waals surface area contributed by atoms with Crippen LogP contribution in [-0.4, -0.2) is 36.8 Å². The van der Waals surface area contributed by atoms with Gasteiger partial charge in [0.25, 0.3) is 0 Å². The summed E-state index contributed by atoms with van der Waals surface area (Å²) < 4.78 is 5.62. The number of nitrogens with zero attached hydrogens (tertiary/aromatic N) is 2. The maximum absolute atomic E-state index is 12.7. The van der Waals surface area contributed by atoms with Gasteiger partial charge >= 0.3 is 6.09 Å². The Morgan fingerprint density at radius 3 is 2.55 bits per heavy atom. The van der Waals surface area contributed by atoms with Gasteiger partial charge in [-0.15, -0.1) is 30.4 Å². The molecule has 0 saturated heterocycles. The predicted octanol–water partition coefficient (Wildman–Crippen LogP) is 4.21. The van der Waals surface area contributed by atoms with Gasteiger partial charge in [-0.3, -0.25) is 4.90 Å². The molecule has 1 saturated carbocycles. The standard InChI is InChI=1S/C22H32N4O2.HI/c1-7-13-24-20(23-8-2)25-15-17-9-12-19(16(3)14-17)26(18-10-11-18)21(27)28-22(4,5)6;/h1,9,12,14,18H,8,10-11,13,15H2,2-6H3,(H2,23,24,25);1H. The normalized spacial score (nSPS) is 13.7. The van der Waals surface area contributed by atoms with Crippen LogP contribution in [0, 0.1) is 19.3 Å². The summed E-state index contributed by atoms with van der Waals surface area (Å²) in [7, 11) is 0. The highest BCUT2D eigenvalue weighted by Gasteiger charge is 2.37. The van der Waals surface area contributed by atoms with E-state index >= 15 is 0 Å². The van der Waals surface area contributed by atoms with Crippen LogP contribution < -0.4 is 15.5 Å². The average Bonchev–Trinajstić information content (AvgIpc) is 3.42. The summed E-state index contributed by atoms with van der Waals surface area (Å²) in [6.07, 6.45) is 7.04. The van der Waals surface area contributed by atoms with E-state index in [9.17, 15) is 4.79 Å². The van der Waals surface area contributed by atoms with Gasteiger partial charge in [-0.25, -0.2) is 9.79 Å². The number of aryl methyl sites for hydroxylation is 1. The molecular formula is C22H33IN4O2. The number of anilines is 1. The van der Waals surface area contributed by atoms with Crippen LogP contribution in [0.4, 0.5) is 10.5 Å². The summed E-state index contributed by atoms with van der Waals surface area (Å²) in [4.78, 5) is 19.1. The molecule has 2 rings (SSSR count). The monoisotopic (exact) mass is 512 g/mol. The molecule has 1 fully saturated rings. The first kappa shape index (κ1) is 25.1. The number of nitrogens with one attached hydrogen (secondary N) is 2. The molecule has 2 N–H and O–H groups in total. The number of terminal acetylenes is 1. The fourth-order valence-electron chi connectivity index (χ4n) is 2.82. The summed E-state index contributed by atoms with van der Waals surface area (Å²) in [6, 6.07) is 6.30. The van der Waals surface area contributed by atoms with Gasteiger partial charge in [-0.2, -0.15) is 0 Å².